The second-order valence-corrected chi connectivity index (χ2v) is 9.57. The molecule has 0 aliphatic carbocycles. The number of amides is 2. The molecule has 0 spiro atoms. The Labute approximate surface area is 228 Å². The molecule has 2 rings (SSSR count). The van der Waals surface area contributed by atoms with E-state index in [1.165, 1.54) is 0 Å². The third-order valence-electron chi connectivity index (χ3n) is 6.55. The molecule has 0 radical (unpaired) electrons. The zero-order valence-electron chi connectivity index (χ0n) is 21.8. The molecular formula is C22H40N2O16. The van der Waals surface area contributed by atoms with Gasteiger partial charge in [0.15, 0.2) is 12.6 Å². The maximum atomic E-state index is 11.7. The van der Waals surface area contributed by atoms with Crippen LogP contribution in [0.2, 0.25) is 0 Å². The van der Waals surface area contributed by atoms with Gasteiger partial charge in [-0.25, -0.2) is 0 Å². The van der Waals surface area contributed by atoms with E-state index in [2.05, 4.69) is 10.6 Å². The number of carbonyl (C=O) groups is 2. The first-order chi connectivity index (χ1) is 18.8. The third-order valence-corrected chi connectivity index (χ3v) is 6.55. The number of ether oxygens (including phenoxy) is 4. The van der Waals surface area contributed by atoms with Crippen LogP contribution in [0.15, 0.2) is 0 Å². The molecule has 2 heterocycles. The van der Waals surface area contributed by atoms with Crippen molar-refractivity contribution >= 4 is 11.8 Å². The molecule has 18 heteroatoms. The Bertz CT molecular complexity index is 807. The molecule has 12 N–H and O–H groups in total. The van der Waals surface area contributed by atoms with Crippen molar-refractivity contribution in [1.82, 2.24) is 10.6 Å². The van der Waals surface area contributed by atoms with Crippen molar-refractivity contribution in [1.29, 1.82) is 0 Å². The molecule has 2 amide bonds. The van der Waals surface area contributed by atoms with Crippen LogP contribution in [0.4, 0.5) is 0 Å². The Morgan fingerprint density at radius 1 is 0.800 bits per heavy atom. The van der Waals surface area contributed by atoms with Crippen LogP contribution < -0.4 is 10.6 Å². The molecule has 2 aliphatic rings. The number of aliphatic hydroxyl groups excluding tert-OH is 10. The molecule has 40 heavy (non-hydrogen) atoms. The molecular weight excluding hydrogens is 548 g/mol. The average Bonchev–Trinajstić information content (AvgIpc) is 2.92. The van der Waals surface area contributed by atoms with Gasteiger partial charge in [0.2, 0.25) is 11.8 Å². The highest BCUT2D eigenvalue weighted by atomic mass is 16.7. The normalized spacial score (nSPS) is 37.7. The Kier molecular flexibility index (Phi) is 13.5. The molecule has 0 saturated carbocycles. The number of hydrogen-bond donors (Lipinski definition) is 12. The second-order valence-electron chi connectivity index (χ2n) is 9.57. The Morgan fingerprint density at radius 3 is 1.90 bits per heavy atom. The lowest BCUT2D eigenvalue weighted by Crippen LogP contribution is -2.68. The summed E-state index contributed by atoms with van der Waals surface area (Å²) in [7, 11) is 0. The van der Waals surface area contributed by atoms with E-state index in [-0.39, 0.29) is 0 Å². The molecule has 234 valence electrons. The zero-order valence-corrected chi connectivity index (χ0v) is 21.8. The lowest BCUT2D eigenvalue weighted by Gasteiger charge is -2.47. The topological polar surface area (TPSA) is 297 Å². The van der Waals surface area contributed by atoms with Gasteiger partial charge in [0.25, 0.3) is 0 Å². The molecule has 0 aromatic rings. The maximum absolute atomic E-state index is 11.7. The minimum absolute atomic E-state index is 0.657. The summed E-state index contributed by atoms with van der Waals surface area (Å²) in [4.78, 5) is 23.2. The van der Waals surface area contributed by atoms with E-state index in [9.17, 15) is 60.7 Å². The number of carbonyl (C=O) groups excluding carboxylic acids is 2. The maximum Gasteiger partial charge on any atom is 0.217 e. The van der Waals surface area contributed by atoms with Crippen LogP contribution in [0.1, 0.15) is 13.8 Å². The Morgan fingerprint density at radius 2 is 1.40 bits per heavy atom. The predicted molar refractivity (Wildman–Crippen MR) is 127 cm³/mol. The summed E-state index contributed by atoms with van der Waals surface area (Å²) in [5.74, 6) is -1.32. The van der Waals surface area contributed by atoms with Crippen molar-refractivity contribution in [3.05, 3.63) is 0 Å². The van der Waals surface area contributed by atoms with Crippen LogP contribution in [-0.4, -0.2) is 175 Å². The van der Waals surface area contributed by atoms with Gasteiger partial charge < -0.3 is 80.6 Å². The molecule has 14 unspecified atom stereocenters. The average molecular weight is 589 g/mol. The molecule has 2 saturated heterocycles. The van der Waals surface area contributed by atoms with E-state index in [1.807, 2.05) is 0 Å². The minimum atomic E-state index is -2.00. The third kappa shape index (κ3) is 8.23. The fourth-order valence-electron chi connectivity index (χ4n) is 4.46. The standard InChI is InChI=1S/C22H40N2O16/c1-7(29)23-9(3-25)19(14(32)10(31)4-26)39-22-18(36)17(35)20(12(6-28)38-22)40-21-13(24-8(2)30)16(34)15(33)11(5-27)37-21/h9-22,25-28,31-36H,3-6H2,1-2H3,(H,23,29)(H,24,30). The second kappa shape index (κ2) is 15.6. The predicted octanol–water partition coefficient (Wildman–Crippen LogP) is -7.65. The highest BCUT2D eigenvalue weighted by molar-refractivity contribution is 5.73. The molecule has 2 fully saturated rings. The summed E-state index contributed by atoms with van der Waals surface area (Å²) in [5.41, 5.74) is 0. The summed E-state index contributed by atoms with van der Waals surface area (Å²) in [6, 6.07) is -2.81. The smallest absolute Gasteiger partial charge is 0.217 e. The molecule has 0 bridgehead atoms. The Balaban J connectivity index is 2.30. The highest BCUT2D eigenvalue weighted by Crippen LogP contribution is 2.30. The lowest BCUT2D eigenvalue weighted by atomic mass is 9.95. The number of nitrogens with one attached hydrogen (secondary N) is 2. The molecule has 14 atom stereocenters. The van der Waals surface area contributed by atoms with E-state index in [1.54, 1.807) is 0 Å². The fraction of sp³-hybridized carbons (Fsp3) is 0.909. The van der Waals surface area contributed by atoms with Crippen LogP contribution >= 0.6 is 0 Å². The largest absolute Gasteiger partial charge is 0.394 e. The van der Waals surface area contributed by atoms with E-state index < -0.39 is 124 Å². The van der Waals surface area contributed by atoms with Gasteiger partial charge in [-0.15, -0.1) is 0 Å². The summed E-state index contributed by atoms with van der Waals surface area (Å²) >= 11 is 0. The number of aliphatic hydroxyl groups is 10. The number of hydrogen-bond acceptors (Lipinski definition) is 16. The van der Waals surface area contributed by atoms with Gasteiger partial charge in [0, 0.05) is 13.8 Å². The summed E-state index contributed by atoms with van der Waals surface area (Å²) < 4.78 is 22.2. The van der Waals surface area contributed by atoms with E-state index >= 15 is 0 Å². The first kappa shape index (κ1) is 34.6. The lowest BCUT2D eigenvalue weighted by molar-refractivity contribution is -0.356. The molecule has 18 nitrogen and oxygen atoms in total. The van der Waals surface area contributed by atoms with Crippen molar-refractivity contribution in [2.45, 2.75) is 99.6 Å². The van der Waals surface area contributed by atoms with Crippen LogP contribution in [0, 0.1) is 0 Å². The summed E-state index contributed by atoms with van der Waals surface area (Å²) in [5, 5.41) is 106. The fourth-order valence-corrected chi connectivity index (χ4v) is 4.46. The monoisotopic (exact) mass is 588 g/mol. The van der Waals surface area contributed by atoms with Crippen molar-refractivity contribution in [3.8, 4) is 0 Å². The van der Waals surface area contributed by atoms with Crippen molar-refractivity contribution in [3.63, 3.8) is 0 Å². The summed E-state index contributed by atoms with van der Waals surface area (Å²) in [6.45, 7) is -1.22. The van der Waals surface area contributed by atoms with Gasteiger partial charge in [-0.1, -0.05) is 0 Å². The van der Waals surface area contributed by atoms with E-state index in [0.29, 0.717) is 0 Å². The van der Waals surface area contributed by atoms with Gasteiger partial charge in [-0.05, 0) is 0 Å². The van der Waals surface area contributed by atoms with Crippen LogP contribution in [-0.2, 0) is 28.5 Å². The van der Waals surface area contributed by atoms with E-state index in [0.717, 1.165) is 13.8 Å². The van der Waals surface area contributed by atoms with Crippen molar-refractivity contribution in [2.75, 3.05) is 26.4 Å². The Hall–Kier alpha value is -1.62. The van der Waals surface area contributed by atoms with Gasteiger partial charge >= 0.3 is 0 Å². The van der Waals surface area contributed by atoms with Gasteiger partial charge in [-0.3, -0.25) is 9.59 Å². The van der Waals surface area contributed by atoms with Crippen molar-refractivity contribution < 1.29 is 79.6 Å². The van der Waals surface area contributed by atoms with Crippen LogP contribution in [0.25, 0.3) is 0 Å². The molecule has 0 aromatic carbocycles. The summed E-state index contributed by atoms with van der Waals surface area (Å²) in [6.07, 6.45) is -20.7. The highest BCUT2D eigenvalue weighted by Gasteiger charge is 2.52. The minimum Gasteiger partial charge on any atom is -0.394 e. The van der Waals surface area contributed by atoms with Gasteiger partial charge in [0.05, 0.1) is 32.5 Å². The first-order valence-electron chi connectivity index (χ1n) is 12.5. The van der Waals surface area contributed by atoms with Gasteiger partial charge in [0.1, 0.15) is 67.1 Å². The van der Waals surface area contributed by atoms with Crippen molar-refractivity contribution in [2.24, 2.45) is 0 Å². The first-order valence-corrected chi connectivity index (χ1v) is 12.5. The molecule has 0 aromatic heterocycles. The SMILES string of the molecule is CC(=O)NC(CO)C(OC1OC(CO)C(OC2OC(CO)C(O)C(O)C2NC(C)=O)C(O)C1O)C(O)C(O)CO. The molecule has 2 aliphatic heterocycles. The van der Waals surface area contributed by atoms with E-state index in [4.69, 9.17) is 18.9 Å². The zero-order chi connectivity index (χ0) is 30.3. The van der Waals surface area contributed by atoms with Crippen LogP contribution in [0.5, 0.6) is 0 Å². The number of rotatable bonds is 13. The van der Waals surface area contributed by atoms with Gasteiger partial charge in [-0.2, -0.15) is 0 Å². The quantitative estimate of drug-likeness (QED) is 0.0950. The van der Waals surface area contributed by atoms with Crippen LogP contribution in [0.3, 0.4) is 0 Å².